The molecule has 3 rings (SSSR count). The average molecular weight is 271 g/mol. The Balaban J connectivity index is 1.92. The third kappa shape index (κ3) is 1.89. The number of rotatable bonds is 3. The van der Waals surface area contributed by atoms with Crippen LogP contribution in [0.15, 0.2) is 41.8 Å². The second-order valence-electron chi connectivity index (χ2n) is 5.29. The first-order valence-corrected chi connectivity index (χ1v) is 7.41. The van der Waals surface area contributed by atoms with Crippen molar-refractivity contribution in [3.8, 4) is 0 Å². The van der Waals surface area contributed by atoms with Gasteiger partial charge in [0.15, 0.2) is 0 Å². The maximum absolute atomic E-state index is 12.6. The van der Waals surface area contributed by atoms with Gasteiger partial charge in [0, 0.05) is 17.6 Å². The first-order chi connectivity index (χ1) is 9.13. The van der Waals surface area contributed by atoms with E-state index in [1.807, 2.05) is 25.2 Å². The fraction of sp³-hybridized carbons (Fsp3) is 0.312. The van der Waals surface area contributed by atoms with Gasteiger partial charge < -0.3 is 4.90 Å². The van der Waals surface area contributed by atoms with Crippen LogP contribution >= 0.6 is 11.3 Å². The van der Waals surface area contributed by atoms with E-state index in [2.05, 4.69) is 30.5 Å². The maximum atomic E-state index is 12.6. The van der Waals surface area contributed by atoms with E-state index in [1.54, 1.807) is 16.2 Å². The summed E-state index contributed by atoms with van der Waals surface area (Å²) < 4.78 is 0. The molecule has 1 aliphatic heterocycles. The number of nitrogens with zero attached hydrogens (tertiary/aromatic N) is 1. The van der Waals surface area contributed by atoms with Gasteiger partial charge in [0.25, 0.3) is 0 Å². The number of benzene rings is 1. The highest BCUT2D eigenvalue weighted by Crippen LogP contribution is 2.43. The molecular weight excluding hydrogens is 254 g/mol. The van der Waals surface area contributed by atoms with Gasteiger partial charge in [-0.3, -0.25) is 4.79 Å². The number of fused-ring (bicyclic) bond motifs is 1. The van der Waals surface area contributed by atoms with Crippen LogP contribution in [0.25, 0.3) is 0 Å². The summed E-state index contributed by atoms with van der Waals surface area (Å²) in [5, 5.41) is 2.09. The van der Waals surface area contributed by atoms with E-state index in [1.165, 1.54) is 10.4 Å². The predicted octanol–water partition coefficient (Wildman–Crippen LogP) is 3.62. The summed E-state index contributed by atoms with van der Waals surface area (Å²) in [6, 6.07) is 12.3. The van der Waals surface area contributed by atoms with E-state index in [0.29, 0.717) is 0 Å². The first-order valence-electron chi connectivity index (χ1n) is 6.53. The lowest BCUT2D eigenvalue weighted by Crippen LogP contribution is -2.36. The molecule has 0 unspecified atom stereocenters. The Morgan fingerprint density at radius 3 is 2.74 bits per heavy atom. The average Bonchev–Trinajstić information content (AvgIpc) is 3.01. The zero-order chi connectivity index (χ0) is 13.5. The highest BCUT2D eigenvalue weighted by molar-refractivity contribution is 7.09. The Labute approximate surface area is 117 Å². The van der Waals surface area contributed by atoms with E-state index >= 15 is 0 Å². The highest BCUT2D eigenvalue weighted by Gasteiger charge is 2.45. The number of thiophene rings is 1. The summed E-state index contributed by atoms with van der Waals surface area (Å²) in [6.45, 7) is 2.07. The standard InChI is InChI=1S/C16H17NOS/c1-16(10-9-12-6-5-11-19-12)13-7-3-4-8-14(13)17(2)15(16)18/h3-8,11H,9-10H2,1-2H3/t16-/m0/s1. The largest absolute Gasteiger partial charge is 0.314 e. The molecule has 2 heterocycles. The molecule has 0 fully saturated rings. The van der Waals surface area contributed by atoms with Crippen molar-refractivity contribution in [2.75, 3.05) is 11.9 Å². The van der Waals surface area contributed by atoms with Crippen LogP contribution in [0, 0.1) is 0 Å². The number of carbonyl (C=O) groups excluding carboxylic acids is 1. The van der Waals surface area contributed by atoms with Gasteiger partial charge in [-0.2, -0.15) is 0 Å². The minimum Gasteiger partial charge on any atom is -0.314 e. The van der Waals surface area contributed by atoms with Gasteiger partial charge in [-0.15, -0.1) is 11.3 Å². The van der Waals surface area contributed by atoms with Crippen molar-refractivity contribution >= 4 is 22.9 Å². The van der Waals surface area contributed by atoms with Gasteiger partial charge in [-0.1, -0.05) is 24.3 Å². The maximum Gasteiger partial charge on any atom is 0.237 e. The summed E-state index contributed by atoms with van der Waals surface area (Å²) in [7, 11) is 1.87. The molecule has 0 aliphatic carbocycles. The molecule has 0 saturated heterocycles. The van der Waals surface area contributed by atoms with E-state index in [-0.39, 0.29) is 11.3 Å². The molecule has 0 N–H and O–H groups in total. The minimum atomic E-state index is -0.380. The van der Waals surface area contributed by atoms with Crippen LogP contribution in [0.2, 0.25) is 0 Å². The van der Waals surface area contributed by atoms with Crippen molar-refractivity contribution in [1.29, 1.82) is 0 Å². The van der Waals surface area contributed by atoms with Crippen LogP contribution in [0.1, 0.15) is 23.8 Å². The molecule has 1 aliphatic rings. The Morgan fingerprint density at radius 1 is 1.21 bits per heavy atom. The second kappa shape index (κ2) is 4.49. The molecule has 0 saturated carbocycles. The van der Waals surface area contributed by atoms with Gasteiger partial charge in [-0.25, -0.2) is 0 Å². The van der Waals surface area contributed by atoms with Gasteiger partial charge >= 0.3 is 0 Å². The van der Waals surface area contributed by atoms with Crippen LogP contribution in [0.5, 0.6) is 0 Å². The third-order valence-corrected chi connectivity index (χ3v) is 5.02. The van der Waals surface area contributed by atoms with Crippen LogP contribution in [-0.2, 0) is 16.6 Å². The highest BCUT2D eigenvalue weighted by atomic mass is 32.1. The molecule has 19 heavy (non-hydrogen) atoms. The van der Waals surface area contributed by atoms with Crippen molar-refractivity contribution in [2.24, 2.45) is 0 Å². The Morgan fingerprint density at radius 2 is 2.00 bits per heavy atom. The molecule has 0 spiro atoms. The number of likely N-dealkylation sites (N-methyl/N-ethyl adjacent to an activating group) is 1. The van der Waals surface area contributed by atoms with Crippen LogP contribution in [-0.4, -0.2) is 13.0 Å². The van der Waals surface area contributed by atoms with Crippen molar-refractivity contribution < 1.29 is 4.79 Å². The quantitative estimate of drug-likeness (QED) is 0.835. The van der Waals surface area contributed by atoms with Crippen molar-refractivity contribution in [3.63, 3.8) is 0 Å². The smallest absolute Gasteiger partial charge is 0.237 e. The molecule has 0 bridgehead atoms. The van der Waals surface area contributed by atoms with Crippen LogP contribution < -0.4 is 4.90 Å². The fourth-order valence-corrected chi connectivity index (χ4v) is 3.61. The molecule has 2 aromatic rings. The van der Waals surface area contributed by atoms with Gasteiger partial charge in [0.2, 0.25) is 5.91 Å². The zero-order valence-corrected chi connectivity index (χ0v) is 12.0. The van der Waals surface area contributed by atoms with Gasteiger partial charge in [0.1, 0.15) is 0 Å². The Bertz CT molecular complexity index is 605. The van der Waals surface area contributed by atoms with E-state index < -0.39 is 0 Å². The van der Waals surface area contributed by atoms with Gasteiger partial charge in [0.05, 0.1) is 5.41 Å². The molecule has 3 heteroatoms. The summed E-state index contributed by atoms with van der Waals surface area (Å²) in [5.41, 5.74) is 1.84. The van der Waals surface area contributed by atoms with Crippen molar-refractivity contribution in [1.82, 2.24) is 0 Å². The summed E-state index contributed by atoms with van der Waals surface area (Å²) in [4.78, 5) is 15.7. The lowest BCUT2D eigenvalue weighted by Gasteiger charge is -2.22. The number of aryl methyl sites for hydroxylation is 1. The molecule has 98 valence electrons. The van der Waals surface area contributed by atoms with E-state index in [9.17, 15) is 4.79 Å². The monoisotopic (exact) mass is 271 g/mol. The number of amides is 1. The molecular formula is C16H17NOS. The summed E-state index contributed by atoms with van der Waals surface area (Å²) in [5.74, 6) is 0.213. The van der Waals surface area contributed by atoms with Gasteiger partial charge in [-0.05, 0) is 42.8 Å². The lowest BCUT2D eigenvalue weighted by atomic mass is 9.79. The Kier molecular flexibility index (Phi) is 2.94. The molecule has 1 atom stereocenters. The molecule has 1 amide bonds. The second-order valence-corrected chi connectivity index (χ2v) is 6.33. The summed E-state index contributed by atoms with van der Waals surface area (Å²) >= 11 is 1.76. The fourth-order valence-electron chi connectivity index (χ4n) is 2.90. The van der Waals surface area contributed by atoms with Crippen molar-refractivity contribution in [3.05, 3.63) is 52.2 Å². The normalized spacial score (nSPS) is 21.8. The number of hydrogen-bond donors (Lipinski definition) is 0. The number of hydrogen-bond acceptors (Lipinski definition) is 2. The van der Waals surface area contributed by atoms with Crippen molar-refractivity contribution in [2.45, 2.75) is 25.2 Å². The van der Waals surface area contributed by atoms with E-state index in [0.717, 1.165) is 18.5 Å². The SMILES string of the molecule is CN1C(=O)[C@@](C)(CCc2cccs2)c2ccccc21. The van der Waals surface area contributed by atoms with E-state index in [4.69, 9.17) is 0 Å². The number of anilines is 1. The third-order valence-electron chi connectivity index (χ3n) is 4.09. The molecule has 0 radical (unpaired) electrons. The predicted molar refractivity (Wildman–Crippen MR) is 79.8 cm³/mol. The van der Waals surface area contributed by atoms with Crippen LogP contribution in [0.4, 0.5) is 5.69 Å². The van der Waals surface area contributed by atoms with Crippen LogP contribution in [0.3, 0.4) is 0 Å². The zero-order valence-electron chi connectivity index (χ0n) is 11.2. The molecule has 2 nitrogen and oxygen atoms in total. The topological polar surface area (TPSA) is 20.3 Å². The molecule has 1 aromatic carbocycles. The summed E-state index contributed by atoms with van der Waals surface area (Å²) in [6.07, 6.45) is 1.83. The first kappa shape index (κ1) is 12.4. The number of para-hydroxylation sites is 1. The Hall–Kier alpha value is -1.61. The number of carbonyl (C=O) groups is 1. The lowest BCUT2D eigenvalue weighted by molar-refractivity contribution is -0.122. The molecule has 1 aromatic heterocycles. The minimum absolute atomic E-state index is 0.213.